The Morgan fingerprint density at radius 3 is 2.39 bits per heavy atom. The van der Waals surface area contributed by atoms with Crippen LogP contribution in [0.1, 0.15) is 31.2 Å². The maximum Gasteiger partial charge on any atom is 0.191 e. The largest absolute Gasteiger partial charge is 0.490 e. The molecule has 0 N–H and O–H groups in total. The lowest BCUT2D eigenvalue weighted by Gasteiger charge is -2.13. The molecule has 2 aromatic carbocycles. The van der Waals surface area contributed by atoms with Crippen LogP contribution in [-0.4, -0.2) is 20.9 Å². The van der Waals surface area contributed by atoms with E-state index in [1.54, 1.807) is 11.8 Å². The Bertz CT molecular complexity index is 933. The topological polar surface area (TPSA) is 39.9 Å². The number of nitrogens with zero attached hydrogens (tertiary/aromatic N) is 3. The van der Waals surface area contributed by atoms with Crippen molar-refractivity contribution in [3.8, 4) is 17.1 Å². The van der Waals surface area contributed by atoms with Gasteiger partial charge in [0.05, 0.1) is 6.10 Å². The van der Waals surface area contributed by atoms with E-state index in [1.807, 2.05) is 54.1 Å². The third-order valence-electron chi connectivity index (χ3n) is 4.96. The van der Waals surface area contributed by atoms with Crippen LogP contribution in [0.4, 0.5) is 0 Å². The summed E-state index contributed by atoms with van der Waals surface area (Å²) < 4.78 is 8.03. The molecule has 7 heteroatoms. The van der Waals surface area contributed by atoms with Crippen molar-refractivity contribution in [3.63, 3.8) is 0 Å². The van der Waals surface area contributed by atoms with Gasteiger partial charge in [-0.3, -0.25) is 0 Å². The SMILES string of the molecule is Cn1c(SCc2c(Cl)cccc2Cl)nnc1-c1ccc(OC2CCCC2)cc1. The van der Waals surface area contributed by atoms with Gasteiger partial charge in [0.1, 0.15) is 5.75 Å². The molecule has 0 atom stereocenters. The lowest BCUT2D eigenvalue weighted by atomic mass is 10.2. The first-order valence-corrected chi connectivity index (χ1v) is 11.1. The maximum atomic E-state index is 6.26. The molecule has 1 saturated carbocycles. The summed E-state index contributed by atoms with van der Waals surface area (Å²) >= 11 is 14.1. The fourth-order valence-corrected chi connectivity index (χ4v) is 5.03. The zero-order valence-corrected chi connectivity index (χ0v) is 17.9. The summed E-state index contributed by atoms with van der Waals surface area (Å²) in [6.45, 7) is 0. The van der Waals surface area contributed by atoms with E-state index in [-0.39, 0.29) is 0 Å². The van der Waals surface area contributed by atoms with Crippen molar-refractivity contribution in [1.29, 1.82) is 0 Å². The monoisotopic (exact) mass is 433 g/mol. The van der Waals surface area contributed by atoms with Crippen LogP contribution < -0.4 is 4.74 Å². The van der Waals surface area contributed by atoms with Crippen LogP contribution in [0.15, 0.2) is 47.6 Å². The summed E-state index contributed by atoms with van der Waals surface area (Å²) in [6, 6.07) is 13.6. The van der Waals surface area contributed by atoms with Crippen LogP contribution in [0, 0.1) is 0 Å². The predicted molar refractivity (Wildman–Crippen MR) is 115 cm³/mol. The molecule has 146 valence electrons. The molecular formula is C21H21Cl2N3OS. The molecule has 0 unspecified atom stereocenters. The Labute approximate surface area is 179 Å². The van der Waals surface area contributed by atoms with Crippen molar-refractivity contribution in [2.45, 2.75) is 42.7 Å². The molecule has 0 spiro atoms. The molecule has 4 nitrogen and oxygen atoms in total. The summed E-state index contributed by atoms with van der Waals surface area (Å²) in [5, 5.41) is 10.8. The molecule has 3 aromatic rings. The molecule has 0 saturated heterocycles. The van der Waals surface area contributed by atoms with Gasteiger partial charge in [0.2, 0.25) is 0 Å². The highest BCUT2D eigenvalue weighted by Crippen LogP contribution is 2.32. The molecule has 4 rings (SSSR count). The number of hydrogen-bond acceptors (Lipinski definition) is 4. The second-order valence-corrected chi connectivity index (χ2v) is 8.66. The first-order valence-electron chi connectivity index (χ1n) is 9.34. The molecule has 0 radical (unpaired) electrons. The molecule has 0 amide bonds. The molecule has 1 heterocycles. The highest BCUT2D eigenvalue weighted by Gasteiger charge is 2.17. The van der Waals surface area contributed by atoms with Crippen LogP contribution in [0.3, 0.4) is 0 Å². The summed E-state index contributed by atoms with van der Waals surface area (Å²) in [6.07, 6.45) is 5.20. The molecule has 0 aliphatic heterocycles. The Hall–Kier alpha value is -1.69. The Kier molecular flexibility index (Phi) is 6.14. The minimum absolute atomic E-state index is 0.361. The van der Waals surface area contributed by atoms with Gasteiger partial charge in [-0.2, -0.15) is 0 Å². The van der Waals surface area contributed by atoms with Crippen molar-refractivity contribution in [2.75, 3.05) is 0 Å². The molecule has 1 aromatic heterocycles. The average Bonchev–Trinajstić information content (AvgIpc) is 3.32. The van der Waals surface area contributed by atoms with Crippen molar-refractivity contribution in [3.05, 3.63) is 58.1 Å². The number of ether oxygens (including phenoxy) is 1. The van der Waals surface area contributed by atoms with Crippen molar-refractivity contribution >= 4 is 35.0 Å². The van der Waals surface area contributed by atoms with E-state index in [9.17, 15) is 0 Å². The minimum atomic E-state index is 0.361. The van der Waals surface area contributed by atoms with Crippen molar-refractivity contribution < 1.29 is 4.74 Å². The highest BCUT2D eigenvalue weighted by molar-refractivity contribution is 7.98. The Balaban J connectivity index is 1.45. The summed E-state index contributed by atoms with van der Waals surface area (Å²) in [5.41, 5.74) is 1.92. The number of benzene rings is 2. The van der Waals surface area contributed by atoms with E-state index in [0.29, 0.717) is 21.9 Å². The van der Waals surface area contributed by atoms with E-state index in [0.717, 1.165) is 40.7 Å². The van der Waals surface area contributed by atoms with E-state index >= 15 is 0 Å². The summed E-state index contributed by atoms with van der Waals surface area (Å²) in [4.78, 5) is 0. The fraction of sp³-hybridized carbons (Fsp3) is 0.333. The second-order valence-electron chi connectivity index (χ2n) is 6.90. The van der Waals surface area contributed by atoms with Crippen LogP contribution in [-0.2, 0) is 12.8 Å². The third-order valence-corrected chi connectivity index (χ3v) is 6.71. The van der Waals surface area contributed by atoms with Crippen LogP contribution in [0.5, 0.6) is 5.75 Å². The highest BCUT2D eigenvalue weighted by atomic mass is 35.5. The zero-order chi connectivity index (χ0) is 19.5. The fourth-order valence-electron chi connectivity index (χ4n) is 3.38. The second kappa shape index (κ2) is 8.76. The predicted octanol–water partition coefficient (Wildman–Crippen LogP) is 6.40. The van der Waals surface area contributed by atoms with Gasteiger partial charge in [-0.25, -0.2) is 0 Å². The van der Waals surface area contributed by atoms with Gasteiger partial charge in [0.25, 0.3) is 0 Å². The molecular weight excluding hydrogens is 413 g/mol. The standard InChI is InChI=1S/C21H21Cl2N3OS/c1-26-20(14-9-11-16(12-10-14)27-15-5-2-3-6-15)24-25-21(26)28-13-17-18(22)7-4-8-19(17)23/h4,7-12,15H,2-3,5-6,13H2,1H3. The lowest BCUT2D eigenvalue weighted by molar-refractivity contribution is 0.210. The summed E-state index contributed by atoms with van der Waals surface area (Å²) in [7, 11) is 1.97. The first kappa shape index (κ1) is 19.6. The zero-order valence-electron chi connectivity index (χ0n) is 15.6. The first-order chi connectivity index (χ1) is 13.6. The van der Waals surface area contributed by atoms with E-state index in [1.165, 1.54) is 12.8 Å². The van der Waals surface area contributed by atoms with Crippen molar-refractivity contribution in [1.82, 2.24) is 14.8 Å². The number of rotatable bonds is 6. The average molecular weight is 434 g/mol. The Morgan fingerprint density at radius 2 is 1.71 bits per heavy atom. The number of thioether (sulfide) groups is 1. The summed E-state index contributed by atoms with van der Waals surface area (Å²) in [5.74, 6) is 2.37. The number of aromatic nitrogens is 3. The van der Waals surface area contributed by atoms with Crippen LogP contribution in [0.2, 0.25) is 10.0 Å². The van der Waals surface area contributed by atoms with Crippen molar-refractivity contribution in [2.24, 2.45) is 7.05 Å². The van der Waals surface area contributed by atoms with E-state index in [4.69, 9.17) is 27.9 Å². The van der Waals surface area contributed by atoms with Gasteiger partial charge in [0, 0.05) is 28.4 Å². The van der Waals surface area contributed by atoms with Gasteiger partial charge in [-0.1, -0.05) is 41.0 Å². The lowest BCUT2D eigenvalue weighted by Crippen LogP contribution is -2.10. The van der Waals surface area contributed by atoms with E-state index in [2.05, 4.69) is 10.2 Å². The van der Waals surface area contributed by atoms with Gasteiger partial charge < -0.3 is 9.30 Å². The number of halogens is 2. The number of hydrogen-bond donors (Lipinski definition) is 0. The Morgan fingerprint density at radius 1 is 1.04 bits per heavy atom. The molecule has 1 aliphatic carbocycles. The maximum absolute atomic E-state index is 6.26. The molecule has 0 bridgehead atoms. The third kappa shape index (κ3) is 4.32. The quantitative estimate of drug-likeness (QED) is 0.421. The van der Waals surface area contributed by atoms with E-state index < -0.39 is 0 Å². The van der Waals surface area contributed by atoms with Gasteiger partial charge >= 0.3 is 0 Å². The normalized spacial score (nSPS) is 14.5. The van der Waals surface area contributed by atoms with Gasteiger partial charge in [-0.05, 0) is 67.6 Å². The van der Waals surface area contributed by atoms with Gasteiger partial charge in [0.15, 0.2) is 11.0 Å². The van der Waals surface area contributed by atoms with Crippen LogP contribution in [0.25, 0.3) is 11.4 Å². The molecule has 1 aliphatic rings. The molecule has 1 fully saturated rings. The smallest absolute Gasteiger partial charge is 0.191 e. The van der Waals surface area contributed by atoms with Gasteiger partial charge in [-0.15, -0.1) is 10.2 Å². The molecule has 28 heavy (non-hydrogen) atoms. The van der Waals surface area contributed by atoms with Crippen LogP contribution >= 0.6 is 35.0 Å². The minimum Gasteiger partial charge on any atom is -0.490 e.